The summed E-state index contributed by atoms with van der Waals surface area (Å²) in [5.74, 6) is 4.56. The summed E-state index contributed by atoms with van der Waals surface area (Å²) in [7, 11) is 0. The van der Waals surface area contributed by atoms with E-state index in [0.29, 0.717) is 25.5 Å². The van der Waals surface area contributed by atoms with Crippen molar-refractivity contribution in [2.24, 2.45) is 11.8 Å². The zero-order valence-electron chi connectivity index (χ0n) is 11.4. The van der Waals surface area contributed by atoms with Crippen molar-refractivity contribution in [2.45, 2.75) is 25.4 Å². The number of anilines is 2. The minimum Gasteiger partial charge on any atom is -0.381 e. The summed E-state index contributed by atoms with van der Waals surface area (Å²) < 4.78 is 43.3. The Morgan fingerprint density at radius 1 is 1.29 bits per heavy atom. The number of nitrogens with two attached hydrogens (primary N) is 1. The highest BCUT2D eigenvalue weighted by atomic mass is 19.4. The number of alkyl halides is 3. The maximum absolute atomic E-state index is 12.6. The summed E-state index contributed by atoms with van der Waals surface area (Å²) in [5, 5.41) is 2.81. The van der Waals surface area contributed by atoms with E-state index in [4.69, 9.17) is 10.6 Å². The van der Waals surface area contributed by atoms with Crippen molar-refractivity contribution in [1.29, 1.82) is 0 Å². The molecule has 0 atom stereocenters. The molecule has 1 aliphatic carbocycles. The van der Waals surface area contributed by atoms with Crippen molar-refractivity contribution in [3.63, 3.8) is 0 Å². The van der Waals surface area contributed by atoms with Crippen LogP contribution in [-0.2, 0) is 10.9 Å². The van der Waals surface area contributed by atoms with Gasteiger partial charge in [0.25, 0.3) is 0 Å². The fourth-order valence-electron chi connectivity index (χ4n) is 1.66. The number of rotatable bonds is 8. The predicted molar refractivity (Wildman–Crippen MR) is 71.5 cm³/mol. The second-order valence-corrected chi connectivity index (χ2v) is 4.90. The molecule has 1 heterocycles. The minimum absolute atomic E-state index is 0.0764. The molecule has 2 rings (SSSR count). The average molecular weight is 305 g/mol. The Labute approximate surface area is 120 Å². The van der Waals surface area contributed by atoms with Crippen LogP contribution in [0.5, 0.6) is 0 Å². The molecule has 0 spiro atoms. The highest BCUT2D eigenvalue weighted by Gasteiger charge is 2.35. The summed E-state index contributed by atoms with van der Waals surface area (Å²) in [6, 6.07) is 1.32. The lowest BCUT2D eigenvalue weighted by Gasteiger charge is -2.11. The fraction of sp³-hybridized carbons (Fsp3) is 0.667. The van der Waals surface area contributed by atoms with Gasteiger partial charge in [0.05, 0.1) is 0 Å². The Bertz CT molecular complexity index is 465. The molecule has 4 N–H and O–H groups in total. The van der Waals surface area contributed by atoms with E-state index < -0.39 is 12.0 Å². The number of hydrogen-bond donors (Lipinski definition) is 3. The highest BCUT2D eigenvalue weighted by Crippen LogP contribution is 2.29. The van der Waals surface area contributed by atoms with Gasteiger partial charge in [-0.3, -0.25) is 0 Å². The van der Waals surface area contributed by atoms with Crippen molar-refractivity contribution in [3.8, 4) is 0 Å². The van der Waals surface area contributed by atoms with Crippen molar-refractivity contribution < 1.29 is 17.9 Å². The van der Waals surface area contributed by atoms with Crippen LogP contribution in [0.1, 0.15) is 25.1 Å². The smallest absolute Gasteiger partial charge is 0.381 e. The number of hydrazine groups is 1. The second kappa shape index (κ2) is 6.90. The van der Waals surface area contributed by atoms with Crippen LogP contribution < -0.4 is 16.6 Å². The third kappa shape index (κ3) is 5.35. The van der Waals surface area contributed by atoms with Gasteiger partial charge in [-0.25, -0.2) is 15.8 Å². The third-order valence-corrected chi connectivity index (χ3v) is 2.95. The number of ether oxygens (including phenoxy) is 1. The molecular formula is C12H18F3N5O. The molecule has 0 unspecified atom stereocenters. The second-order valence-electron chi connectivity index (χ2n) is 4.90. The maximum atomic E-state index is 12.6. The van der Waals surface area contributed by atoms with Crippen LogP contribution in [0.4, 0.5) is 24.8 Å². The zero-order valence-corrected chi connectivity index (χ0v) is 11.4. The maximum Gasteiger partial charge on any atom is 0.451 e. The normalized spacial score (nSPS) is 15.0. The first-order valence-corrected chi connectivity index (χ1v) is 6.73. The van der Waals surface area contributed by atoms with Gasteiger partial charge in [-0.15, -0.1) is 0 Å². The van der Waals surface area contributed by atoms with E-state index in [2.05, 4.69) is 20.7 Å². The van der Waals surface area contributed by atoms with Crippen LogP contribution >= 0.6 is 0 Å². The van der Waals surface area contributed by atoms with Gasteiger partial charge < -0.3 is 15.5 Å². The topological polar surface area (TPSA) is 85.1 Å². The SMILES string of the molecule is NNc1cc(NCCCOCC2CC2)nc(C(F)(F)F)n1. The van der Waals surface area contributed by atoms with Crippen molar-refractivity contribution in [2.75, 3.05) is 30.5 Å². The molecular weight excluding hydrogens is 287 g/mol. The van der Waals surface area contributed by atoms with Gasteiger partial charge in [0, 0.05) is 25.8 Å². The standard InChI is InChI=1S/C12H18F3N5O/c13-12(14,15)11-18-9(6-10(19-11)20-16)17-4-1-5-21-7-8-2-3-8/h6,8H,1-5,7,16H2,(H2,17,18,19,20). The van der Waals surface area contributed by atoms with Gasteiger partial charge in [-0.1, -0.05) is 0 Å². The number of halogens is 3. The molecule has 21 heavy (non-hydrogen) atoms. The van der Waals surface area contributed by atoms with Crippen molar-refractivity contribution in [1.82, 2.24) is 9.97 Å². The van der Waals surface area contributed by atoms with Gasteiger partial charge in [-0.05, 0) is 25.2 Å². The summed E-state index contributed by atoms with van der Waals surface area (Å²) in [4.78, 5) is 6.70. The monoisotopic (exact) mass is 305 g/mol. The van der Waals surface area contributed by atoms with E-state index in [-0.39, 0.29) is 11.6 Å². The minimum atomic E-state index is -4.61. The van der Waals surface area contributed by atoms with Crippen LogP contribution in [-0.4, -0.2) is 29.7 Å². The lowest BCUT2D eigenvalue weighted by atomic mass is 10.4. The zero-order chi connectivity index (χ0) is 15.3. The molecule has 0 aromatic carbocycles. The fourth-order valence-corrected chi connectivity index (χ4v) is 1.66. The van der Waals surface area contributed by atoms with Crippen molar-refractivity contribution in [3.05, 3.63) is 11.9 Å². The van der Waals surface area contributed by atoms with E-state index in [1.165, 1.54) is 18.9 Å². The lowest BCUT2D eigenvalue weighted by molar-refractivity contribution is -0.144. The van der Waals surface area contributed by atoms with Gasteiger partial charge in [0.2, 0.25) is 5.82 Å². The number of nitrogens with zero attached hydrogens (tertiary/aromatic N) is 2. The average Bonchev–Trinajstić information content (AvgIpc) is 3.25. The molecule has 0 saturated heterocycles. The number of aromatic nitrogens is 2. The molecule has 0 aliphatic heterocycles. The summed E-state index contributed by atoms with van der Waals surface area (Å²) in [5.41, 5.74) is 2.09. The Kier molecular flexibility index (Phi) is 5.18. The van der Waals surface area contributed by atoms with Crippen LogP contribution in [0, 0.1) is 5.92 Å². The van der Waals surface area contributed by atoms with E-state index in [0.717, 1.165) is 6.61 Å². The number of nitrogens with one attached hydrogen (secondary N) is 2. The third-order valence-electron chi connectivity index (χ3n) is 2.95. The lowest BCUT2D eigenvalue weighted by Crippen LogP contribution is -2.17. The van der Waals surface area contributed by atoms with E-state index in [9.17, 15) is 13.2 Å². The molecule has 1 fully saturated rings. The van der Waals surface area contributed by atoms with E-state index >= 15 is 0 Å². The Balaban J connectivity index is 1.80. The van der Waals surface area contributed by atoms with Crippen LogP contribution in [0.2, 0.25) is 0 Å². The number of hydrogen-bond acceptors (Lipinski definition) is 6. The van der Waals surface area contributed by atoms with Crippen LogP contribution in [0.25, 0.3) is 0 Å². The summed E-state index contributed by atoms with van der Waals surface area (Å²) in [6.45, 7) is 1.80. The molecule has 0 radical (unpaired) electrons. The Morgan fingerprint density at radius 3 is 2.62 bits per heavy atom. The van der Waals surface area contributed by atoms with Gasteiger partial charge in [0.1, 0.15) is 11.6 Å². The quantitative estimate of drug-likeness (QED) is 0.387. The molecule has 0 amide bonds. The molecule has 1 aromatic heterocycles. The van der Waals surface area contributed by atoms with Crippen LogP contribution in [0.15, 0.2) is 6.07 Å². The molecule has 6 nitrogen and oxygen atoms in total. The van der Waals surface area contributed by atoms with Gasteiger partial charge >= 0.3 is 6.18 Å². The molecule has 118 valence electrons. The summed E-state index contributed by atoms with van der Waals surface area (Å²) in [6.07, 6.45) is -1.47. The summed E-state index contributed by atoms with van der Waals surface area (Å²) >= 11 is 0. The number of nitrogen functional groups attached to an aromatic ring is 1. The first-order chi connectivity index (χ1) is 9.99. The Hall–Kier alpha value is -1.61. The van der Waals surface area contributed by atoms with Crippen molar-refractivity contribution >= 4 is 11.6 Å². The molecule has 1 aromatic rings. The van der Waals surface area contributed by atoms with Gasteiger partial charge in [-0.2, -0.15) is 13.2 Å². The Morgan fingerprint density at radius 2 is 2.00 bits per heavy atom. The molecule has 0 bridgehead atoms. The van der Waals surface area contributed by atoms with Gasteiger partial charge in [0.15, 0.2) is 0 Å². The largest absolute Gasteiger partial charge is 0.451 e. The molecule has 1 aliphatic rings. The molecule has 9 heteroatoms. The van der Waals surface area contributed by atoms with E-state index in [1.807, 2.05) is 0 Å². The van der Waals surface area contributed by atoms with Crippen LogP contribution in [0.3, 0.4) is 0 Å². The van der Waals surface area contributed by atoms with E-state index in [1.54, 1.807) is 0 Å². The predicted octanol–water partition coefficient (Wildman–Crippen LogP) is 2.01. The molecule has 1 saturated carbocycles. The first kappa shape index (κ1) is 15.8. The first-order valence-electron chi connectivity index (χ1n) is 6.73. The highest BCUT2D eigenvalue weighted by molar-refractivity contribution is 5.47.